The minimum absolute atomic E-state index is 0.0960. The maximum atomic E-state index is 9.99. The van der Waals surface area contributed by atoms with Crippen LogP contribution in [0.15, 0.2) is 9.98 Å². The second-order valence-electron chi connectivity index (χ2n) is 8.68. The summed E-state index contributed by atoms with van der Waals surface area (Å²) in [4.78, 5) is 26.9. The van der Waals surface area contributed by atoms with Crippen molar-refractivity contribution in [2.45, 2.75) is 81.1 Å². The molecule has 0 spiro atoms. The molecule has 0 N–H and O–H groups in total. The van der Waals surface area contributed by atoms with E-state index in [2.05, 4.69) is 65.4 Å². The predicted molar refractivity (Wildman–Crippen MR) is 102 cm³/mol. The normalized spacial score (nSPS) is 13.7. The summed E-state index contributed by atoms with van der Waals surface area (Å²) in [6.45, 7) is 18.8. The lowest BCUT2D eigenvalue weighted by molar-refractivity contribution is 0.214. The van der Waals surface area contributed by atoms with Crippen LogP contribution in [-0.2, 0) is 9.59 Å². The average molecular weight is 339 g/mol. The summed E-state index contributed by atoms with van der Waals surface area (Å²) in [6.07, 6.45) is 7.55. The Morgan fingerprint density at radius 3 is 1.88 bits per heavy atom. The Bertz CT molecular complexity index is 412. The van der Waals surface area contributed by atoms with Crippen LogP contribution in [0.3, 0.4) is 0 Å². The average Bonchev–Trinajstić information content (AvgIpc) is 2.48. The van der Waals surface area contributed by atoms with Crippen LogP contribution < -0.4 is 0 Å². The molecule has 0 aliphatic carbocycles. The fourth-order valence-electron chi connectivity index (χ4n) is 2.52. The van der Waals surface area contributed by atoms with E-state index in [1.165, 1.54) is 18.9 Å². The SMILES string of the molecule is CC(CN=C=O)C(C)(C)CCCN=C=O.CCC(C)CC(C)(C)C. The second kappa shape index (κ2) is 13.1. The van der Waals surface area contributed by atoms with Crippen LogP contribution >= 0.6 is 0 Å². The highest BCUT2D eigenvalue weighted by Gasteiger charge is 2.24. The highest BCUT2D eigenvalue weighted by molar-refractivity contribution is 5.33. The van der Waals surface area contributed by atoms with Crippen LogP contribution in [0.5, 0.6) is 0 Å². The third-order valence-corrected chi connectivity index (χ3v) is 4.58. The Morgan fingerprint density at radius 1 is 0.958 bits per heavy atom. The molecule has 0 amide bonds. The molecule has 0 aliphatic rings. The molecule has 0 aromatic rings. The lowest BCUT2D eigenvalue weighted by Crippen LogP contribution is -2.24. The lowest BCUT2D eigenvalue weighted by Gasteiger charge is -2.30. The predicted octanol–water partition coefficient (Wildman–Crippen LogP) is 5.57. The summed E-state index contributed by atoms with van der Waals surface area (Å²) >= 11 is 0. The maximum Gasteiger partial charge on any atom is 0.234 e. The smallest absolute Gasteiger partial charge is 0.211 e. The molecule has 0 fully saturated rings. The van der Waals surface area contributed by atoms with E-state index in [1.54, 1.807) is 6.08 Å². The Hall–Kier alpha value is -1.24. The molecule has 0 heterocycles. The third kappa shape index (κ3) is 15.6. The van der Waals surface area contributed by atoms with Gasteiger partial charge in [0.25, 0.3) is 0 Å². The number of rotatable bonds is 9. The molecule has 0 aromatic carbocycles. The zero-order chi connectivity index (χ0) is 19.2. The van der Waals surface area contributed by atoms with Crippen molar-refractivity contribution in [3.05, 3.63) is 0 Å². The monoisotopic (exact) mass is 338 g/mol. The van der Waals surface area contributed by atoms with Crippen LogP contribution in [0, 0.1) is 22.7 Å². The number of aliphatic imine (C=N–C) groups is 2. The van der Waals surface area contributed by atoms with Crippen LogP contribution in [0.1, 0.15) is 81.1 Å². The van der Waals surface area contributed by atoms with Gasteiger partial charge in [0.2, 0.25) is 12.2 Å². The molecule has 0 bridgehead atoms. The van der Waals surface area contributed by atoms with Crippen molar-refractivity contribution in [1.29, 1.82) is 0 Å². The van der Waals surface area contributed by atoms with Gasteiger partial charge in [-0.05, 0) is 41.9 Å². The molecule has 0 rings (SSSR count). The van der Waals surface area contributed by atoms with Crippen molar-refractivity contribution < 1.29 is 9.59 Å². The molecule has 0 radical (unpaired) electrons. The number of hydrogen-bond acceptors (Lipinski definition) is 4. The first-order valence-corrected chi connectivity index (χ1v) is 9.07. The fraction of sp³-hybridized carbons (Fsp3) is 0.900. The molecule has 2 atom stereocenters. The van der Waals surface area contributed by atoms with E-state index in [9.17, 15) is 9.59 Å². The topological polar surface area (TPSA) is 58.9 Å². The van der Waals surface area contributed by atoms with Crippen molar-refractivity contribution in [3.8, 4) is 0 Å². The summed E-state index contributed by atoms with van der Waals surface area (Å²) in [5.74, 6) is 1.21. The van der Waals surface area contributed by atoms with Gasteiger partial charge in [0.15, 0.2) is 0 Å². The molecule has 0 aliphatic heterocycles. The maximum absolute atomic E-state index is 9.99. The first kappa shape index (κ1) is 25.0. The first-order valence-electron chi connectivity index (χ1n) is 9.07. The standard InChI is InChI=1S/C11H18N2O2.C9H20/c1-10(7-13-9-15)11(2,3)5-4-6-12-8-14;1-6-8(2)7-9(3,4)5/h10H,4-7H2,1-3H3;8H,6-7H2,1-5H3. The third-order valence-electron chi connectivity index (χ3n) is 4.58. The van der Waals surface area contributed by atoms with E-state index in [0.29, 0.717) is 24.4 Å². The zero-order valence-electron chi connectivity index (χ0n) is 17.1. The molecular weight excluding hydrogens is 300 g/mol. The minimum atomic E-state index is 0.0960. The van der Waals surface area contributed by atoms with E-state index >= 15 is 0 Å². The summed E-state index contributed by atoms with van der Waals surface area (Å²) < 4.78 is 0. The van der Waals surface area contributed by atoms with Gasteiger partial charge in [-0.1, -0.05) is 61.8 Å². The van der Waals surface area contributed by atoms with Crippen molar-refractivity contribution in [2.75, 3.05) is 13.1 Å². The molecule has 0 aromatic heterocycles. The van der Waals surface area contributed by atoms with Crippen LogP contribution in [0.4, 0.5) is 0 Å². The van der Waals surface area contributed by atoms with Crippen LogP contribution in [0.25, 0.3) is 0 Å². The summed E-state index contributed by atoms with van der Waals surface area (Å²) in [5, 5.41) is 0. The van der Waals surface area contributed by atoms with Gasteiger partial charge >= 0.3 is 0 Å². The van der Waals surface area contributed by atoms with Crippen molar-refractivity contribution in [3.63, 3.8) is 0 Å². The quantitative estimate of drug-likeness (QED) is 0.313. The van der Waals surface area contributed by atoms with Crippen molar-refractivity contribution in [2.24, 2.45) is 32.7 Å². The Balaban J connectivity index is 0. The van der Waals surface area contributed by atoms with Gasteiger partial charge in [-0.3, -0.25) is 0 Å². The molecule has 0 saturated heterocycles. The van der Waals surface area contributed by atoms with E-state index in [4.69, 9.17) is 0 Å². The minimum Gasteiger partial charge on any atom is -0.211 e. The summed E-state index contributed by atoms with van der Waals surface area (Å²) in [6, 6.07) is 0. The van der Waals surface area contributed by atoms with Gasteiger partial charge in [0.05, 0.1) is 13.1 Å². The molecule has 2 unspecified atom stereocenters. The summed E-state index contributed by atoms with van der Waals surface area (Å²) in [7, 11) is 0. The number of carbonyl (C=O) groups excluding carboxylic acids is 2. The Morgan fingerprint density at radius 2 is 1.50 bits per heavy atom. The molecule has 4 heteroatoms. The summed E-state index contributed by atoms with van der Waals surface area (Å²) in [5.41, 5.74) is 0.619. The van der Waals surface area contributed by atoms with Crippen molar-refractivity contribution >= 4 is 12.2 Å². The first-order chi connectivity index (χ1) is 11.0. The van der Waals surface area contributed by atoms with E-state index < -0.39 is 0 Å². The Labute approximate surface area is 149 Å². The highest BCUT2D eigenvalue weighted by atomic mass is 16.1. The Kier molecular flexibility index (Phi) is 13.6. The zero-order valence-corrected chi connectivity index (χ0v) is 17.1. The van der Waals surface area contributed by atoms with Gasteiger partial charge in [-0.15, -0.1) is 0 Å². The second-order valence-corrected chi connectivity index (χ2v) is 8.68. The molecule has 140 valence electrons. The molecule has 4 nitrogen and oxygen atoms in total. The number of nitrogens with zero attached hydrogens (tertiary/aromatic N) is 2. The molecule has 24 heavy (non-hydrogen) atoms. The van der Waals surface area contributed by atoms with Crippen molar-refractivity contribution in [1.82, 2.24) is 0 Å². The van der Waals surface area contributed by atoms with Gasteiger partial charge in [-0.25, -0.2) is 19.6 Å². The van der Waals surface area contributed by atoms with Crippen LogP contribution in [0.2, 0.25) is 0 Å². The lowest BCUT2D eigenvalue weighted by atomic mass is 9.76. The largest absolute Gasteiger partial charge is 0.234 e. The highest BCUT2D eigenvalue weighted by Crippen LogP contribution is 2.31. The number of isocyanates is 2. The van der Waals surface area contributed by atoms with E-state index in [1.807, 2.05) is 0 Å². The van der Waals surface area contributed by atoms with Crippen LogP contribution in [-0.4, -0.2) is 25.2 Å². The molecular formula is C20H38N2O2. The van der Waals surface area contributed by atoms with Gasteiger partial charge in [0, 0.05) is 0 Å². The van der Waals surface area contributed by atoms with Gasteiger partial charge < -0.3 is 0 Å². The van der Waals surface area contributed by atoms with E-state index in [0.717, 1.165) is 18.8 Å². The fourth-order valence-corrected chi connectivity index (χ4v) is 2.52. The van der Waals surface area contributed by atoms with Gasteiger partial charge in [0.1, 0.15) is 0 Å². The molecule has 0 saturated carbocycles. The van der Waals surface area contributed by atoms with Gasteiger partial charge in [-0.2, -0.15) is 0 Å². The van der Waals surface area contributed by atoms with E-state index in [-0.39, 0.29) is 5.41 Å². The number of hydrogen-bond donors (Lipinski definition) is 0.